The van der Waals surface area contributed by atoms with Gasteiger partial charge in [0.05, 0.1) is 17.9 Å². The monoisotopic (exact) mass is 376 g/mol. The van der Waals surface area contributed by atoms with Gasteiger partial charge in [-0.15, -0.1) is 20.4 Å². The Kier molecular flexibility index (Phi) is 5.29. The zero-order valence-corrected chi connectivity index (χ0v) is 15.5. The number of hydrogen-bond donors (Lipinski definition) is 1. The number of amides is 1. The highest BCUT2D eigenvalue weighted by atomic mass is 32.2. The summed E-state index contributed by atoms with van der Waals surface area (Å²) in [5.41, 5.74) is 0.838. The van der Waals surface area contributed by atoms with Crippen LogP contribution < -0.4 is 10.1 Å². The number of aryl methyl sites for hydroxylation is 1. The van der Waals surface area contributed by atoms with Crippen LogP contribution in [0.2, 0.25) is 0 Å². The summed E-state index contributed by atoms with van der Waals surface area (Å²) in [6, 6.07) is 7.54. The van der Waals surface area contributed by atoms with Gasteiger partial charge in [0.25, 0.3) is 0 Å². The average molecular weight is 376 g/mol. The maximum absolute atomic E-state index is 12.3. The number of methoxy groups -OCH3 is 1. The van der Waals surface area contributed by atoms with Crippen LogP contribution in [0.5, 0.6) is 5.75 Å². The first-order valence-corrected chi connectivity index (χ1v) is 9.06. The minimum Gasteiger partial charge on any atom is -0.496 e. The maximum Gasteiger partial charge on any atom is 0.239 e. The van der Waals surface area contributed by atoms with E-state index in [1.807, 2.05) is 31.3 Å². The first-order valence-electron chi connectivity index (χ1n) is 7.37. The van der Waals surface area contributed by atoms with Crippen LogP contribution >= 0.6 is 23.1 Å². The molecule has 10 heteroatoms. The van der Waals surface area contributed by atoms with E-state index in [1.54, 1.807) is 24.9 Å². The molecule has 130 valence electrons. The SMILES string of the molecule is COc1ccccc1-c1nnc(NC(=O)[C@@H](C)Sc2nncn2C)s1. The van der Waals surface area contributed by atoms with Gasteiger partial charge in [-0.1, -0.05) is 35.2 Å². The fraction of sp³-hybridized carbons (Fsp3) is 0.267. The summed E-state index contributed by atoms with van der Waals surface area (Å²) >= 11 is 2.62. The molecule has 0 spiro atoms. The van der Waals surface area contributed by atoms with E-state index in [-0.39, 0.29) is 11.2 Å². The molecule has 1 atom stereocenters. The van der Waals surface area contributed by atoms with E-state index in [0.717, 1.165) is 5.56 Å². The number of rotatable bonds is 6. The predicted molar refractivity (Wildman–Crippen MR) is 96.8 cm³/mol. The molecule has 1 N–H and O–H groups in total. The van der Waals surface area contributed by atoms with Gasteiger partial charge in [-0.3, -0.25) is 10.1 Å². The molecule has 2 heterocycles. The van der Waals surface area contributed by atoms with E-state index in [4.69, 9.17) is 4.74 Å². The number of carbonyl (C=O) groups is 1. The number of carbonyl (C=O) groups excluding carboxylic acids is 1. The van der Waals surface area contributed by atoms with Crippen molar-refractivity contribution in [1.29, 1.82) is 0 Å². The highest BCUT2D eigenvalue weighted by Crippen LogP contribution is 2.33. The smallest absolute Gasteiger partial charge is 0.239 e. The number of nitrogens with zero attached hydrogens (tertiary/aromatic N) is 5. The lowest BCUT2D eigenvalue weighted by Gasteiger charge is -2.08. The Labute approximate surface area is 152 Å². The largest absolute Gasteiger partial charge is 0.496 e. The third-order valence-corrected chi connectivity index (χ3v) is 5.33. The van der Waals surface area contributed by atoms with Crippen molar-refractivity contribution in [1.82, 2.24) is 25.0 Å². The van der Waals surface area contributed by atoms with Crippen LogP contribution in [0.4, 0.5) is 5.13 Å². The lowest BCUT2D eigenvalue weighted by Crippen LogP contribution is -2.22. The van der Waals surface area contributed by atoms with Crippen molar-refractivity contribution < 1.29 is 9.53 Å². The molecule has 0 radical (unpaired) electrons. The molecule has 8 nitrogen and oxygen atoms in total. The van der Waals surface area contributed by atoms with E-state index in [9.17, 15) is 4.79 Å². The van der Waals surface area contributed by atoms with Crippen LogP contribution in [0, 0.1) is 0 Å². The maximum atomic E-state index is 12.3. The Morgan fingerprint density at radius 1 is 1.32 bits per heavy atom. The summed E-state index contributed by atoms with van der Waals surface area (Å²) in [4.78, 5) is 12.3. The molecule has 0 aliphatic rings. The van der Waals surface area contributed by atoms with Crippen molar-refractivity contribution in [3.05, 3.63) is 30.6 Å². The molecule has 25 heavy (non-hydrogen) atoms. The summed E-state index contributed by atoms with van der Waals surface area (Å²) in [7, 11) is 3.44. The van der Waals surface area contributed by atoms with Crippen molar-refractivity contribution in [2.45, 2.75) is 17.3 Å². The summed E-state index contributed by atoms with van der Waals surface area (Å²) < 4.78 is 7.09. The first kappa shape index (κ1) is 17.4. The molecule has 0 aliphatic carbocycles. The predicted octanol–water partition coefficient (Wildman–Crippen LogP) is 2.46. The Bertz CT molecular complexity index is 878. The van der Waals surface area contributed by atoms with Crippen LogP contribution in [0.15, 0.2) is 35.7 Å². The second kappa shape index (κ2) is 7.62. The number of nitrogens with one attached hydrogen (secondary N) is 1. The average Bonchev–Trinajstić information content (AvgIpc) is 3.24. The lowest BCUT2D eigenvalue weighted by atomic mass is 10.2. The number of anilines is 1. The van der Waals surface area contributed by atoms with Crippen molar-refractivity contribution >= 4 is 34.1 Å². The van der Waals surface area contributed by atoms with E-state index in [0.29, 0.717) is 21.0 Å². The molecule has 3 aromatic rings. The topological polar surface area (TPSA) is 94.8 Å². The number of hydrogen-bond acceptors (Lipinski definition) is 8. The van der Waals surface area contributed by atoms with Crippen molar-refractivity contribution in [2.75, 3.05) is 12.4 Å². The first-order chi connectivity index (χ1) is 12.1. The fourth-order valence-corrected chi connectivity index (χ4v) is 3.57. The molecule has 0 saturated heterocycles. The number of ether oxygens (including phenoxy) is 1. The van der Waals surface area contributed by atoms with Gasteiger partial charge >= 0.3 is 0 Å². The molecule has 0 saturated carbocycles. The molecule has 0 aliphatic heterocycles. The van der Waals surface area contributed by atoms with Crippen LogP contribution in [0.25, 0.3) is 10.6 Å². The lowest BCUT2D eigenvalue weighted by molar-refractivity contribution is -0.115. The second-order valence-corrected chi connectivity index (χ2v) is 7.37. The van der Waals surface area contributed by atoms with Gasteiger partial charge in [0, 0.05) is 7.05 Å². The Morgan fingerprint density at radius 3 is 2.84 bits per heavy atom. The van der Waals surface area contributed by atoms with Gasteiger partial charge in [0.15, 0.2) is 10.2 Å². The molecule has 1 aromatic carbocycles. The highest BCUT2D eigenvalue weighted by Gasteiger charge is 2.19. The molecule has 1 amide bonds. The number of thioether (sulfide) groups is 1. The van der Waals surface area contributed by atoms with Gasteiger partial charge in [-0.2, -0.15) is 0 Å². The summed E-state index contributed by atoms with van der Waals surface area (Å²) in [6.45, 7) is 1.80. The van der Waals surface area contributed by atoms with E-state index >= 15 is 0 Å². The third kappa shape index (κ3) is 3.97. The summed E-state index contributed by atoms with van der Waals surface area (Å²) in [5.74, 6) is 0.540. The van der Waals surface area contributed by atoms with Gasteiger partial charge in [0.1, 0.15) is 12.1 Å². The van der Waals surface area contributed by atoms with E-state index in [1.165, 1.54) is 23.1 Å². The summed E-state index contributed by atoms with van der Waals surface area (Å²) in [5, 5.41) is 20.2. The number of aromatic nitrogens is 5. The highest BCUT2D eigenvalue weighted by molar-refractivity contribution is 8.00. The Morgan fingerprint density at radius 2 is 2.12 bits per heavy atom. The minimum atomic E-state index is -0.346. The standard InChI is InChI=1S/C15H16N6O2S2/c1-9(24-15-20-16-8-21(15)2)12(22)17-14-19-18-13(25-14)10-6-4-5-7-11(10)23-3/h4-9H,1-3H3,(H,17,19,22)/t9-/m1/s1. The van der Waals surface area contributed by atoms with Crippen molar-refractivity contribution in [3.8, 4) is 16.3 Å². The molecule has 0 fully saturated rings. The fourth-order valence-electron chi connectivity index (χ4n) is 2.00. The molecule has 3 rings (SSSR count). The number of para-hydroxylation sites is 1. The van der Waals surface area contributed by atoms with Crippen molar-refractivity contribution in [2.24, 2.45) is 7.05 Å². The molecular weight excluding hydrogens is 360 g/mol. The van der Waals surface area contributed by atoms with E-state index in [2.05, 4.69) is 25.7 Å². The van der Waals surface area contributed by atoms with Crippen LogP contribution in [-0.4, -0.2) is 43.2 Å². The molecule has 0 bridgehead atoms. The second-order valence-electron chi connectivity index (χ2n) is 5.09. The Balaban J connectivity index is 1.68. The van der Waals surface area contributed by atoms with Crippen molar-refractivity contribution in [3.63, 3.8) is 0 Å². The van der Waals surface area contributed by atoms with Crippen LogP contribution in [-0.2, 0) is 11.8 Å². The van der Waals surface area contributed by atoms with E-state index < -0.39 is 0 Å². The minimum absolute atomic E-state index is 0.171. The molecule has 0 unspecified atom stereocenters. The zero-order valence-electron chi connectivity index (χ0n) is 13.8. The Hall–Kier alpha value is -2.46. The van der Waals surface area contributed by atoms with Gasteiger partial charge < -0.3 is 9.30 Å². The van der Waals surface area contributed by atoms with Gasteiger partial charge in [0.2, 0.25) is 11.0 Å². The van der Waals surface area contributed by atoms with Gasteiger partial charge in [-0.05, 0) is 19.1 Å². The van der Waals surface area contributed by atoms with Crippen LogP contribution in [0.1, 0.15) is 6.92 Å². The normalized spacial score (nSPS) is 12.0. The molecular formula is C15H16N6O2S2. The molecule has 2 aromatic heterocycles. The number of benzene rings is 1. The van der Waals surface area contributed by atoms with Gasteiger partial charge in [-0.25, -0.2) is 0 Å². The van der Waals surface area contributed by atoms with Crippen LogP contribution in [0.3, 0.4) is 0 Å². The third-order valence-electron chi connectivity index (χ3n) is 3.31. The summed E-state index contributed by atoms with van der Waals surface area (Å²) in [6.07, 6.45) is 1.59. The quantitative estimate of drug-likeness (QED) is 0.660. The zero-order chi connectivity index (χ0) is 17.8.